The summed E-state index contributed by atoms with van der Waals surface area (Å²) in [5.74, 6) is -0.297. The molecule has 0 spiro atoms. The summed E-state index contributed by atoms with van der Waals surface area (Å²) in [6, 6.07) is 8.74. The first-order chi connectivity index (χ1) is 12.5. The van der Waals surface area contributed by atoms with Gasteiger partial charge in [0, 0.05) is 12.2 Å². The van der Waals surface area contributed by atoms with Crippen molar-refractivity contribution in [3.8, 4) is 0 Å². The van der Waals surface area contributed by atoms with E-state index in [-0.39, 0.29) is 11.8 Å². The molecule has 0 saturated heterocycles. The molecule has 1 N–H and O–H groups in total. The molecule has 0 aliphatic rings. The van der Waals surface area contributed by atoms with Gasteiger partial charge in [-0.2, -0.15) is 0 Å². The maximum Gasteiger partial charge on any atom is 0.266 e. The van der Waals surface area contributed by atoms with Crippen molar-refractivity contribution < 1.29 is 9.59 Å². The van der Waals surface area contributed by atoms with Crippen molar-refractivity contribution in [1.29, 1.82) is 0 Å². The van der Waals surface area contributed by atoms with Gasteiger partial charge in [0.1, 0.15) is 10.9 Å². The highest BCUT2D eigenvalue weighted by molar-refractivity contribution is 7.13. The zero-order valence-electron chi connectivity index (χ0n) is 15.9. The summed E-state index contributed by atoms with van der Waals surface area (Å²) < 4.78 is 0. The van der Waals surface area contributed by atoms with Gasteiger partial charge < -0.3 is 10.2 Å². The third kappa shape index (κ3) is 4.91. The Morgan fingerprint density at radius 1 is 1.19 bits per heavy atom. The zero-order valence-corrected chi connectivity index (χ0v) is 16.7. The molecule has 5 nitrogen and oxygen atoms in total. The summed E-state index contributed by atoms with van der Waals surface area (Å²) >= 11 is 1.45. The summed E-state index contributed by atoms with van der Waals surface area (Å²) in [5.41, 5.74) is 1.48. The molecule has 0 radical (unpaired) electrons. The maximum atomic E-state index is 13.1. The summed E-state index contributed by atoms with van der Waals surface area (Å²) in [4.78, 5) is 32.5. The second kappa shape index (κ2) is 9.48. The topological polar surface area (TPSA) is 62.3 Å². The van der Waals surface area contributed by atoms with Crippen molar-refractivity contribution in [2.24, 2.45) is 0 Å². The maximum absolute atomic E-state index is 13.1. The van der Waals surface area contributed by atoms with Crippen molar-refractivity contribution in [2.45, 2.75) is 53.0 Å². The van der Waals surface area contributed by atoms with Gasteiger partial charge in [-0.3, -0.25) is 9.59 Å². The van der Waals surface area contributed by atoms with Gasteiger partial charge in [0.25, 0.3) is 5.91 Å². The van der Waals surface area contributed by atoms with Crippen LogP contribution in [0.3, 0.4) is 0 Å². The number of carbonyl (C=O) groups is 2. The van der Waals surface area contributed by atoms with Gasteiger partial charge in [0.2, 0.25) is 5.91 Å². The Kier molecular flexibility index (Phi) is 7.33. The molecule has 6 heteroatoms. The van der Waals surface area contributed by atoms with Crippen LogP contribution in [-0.2, 0) is 11.2 Å². The van der Waals surface area contributed by atoms with Gasteiger partial charge in [0.05, 0.1) is 10.7 Å². The Balaban J connectivity index is 2.18. The van der Waals surface area contributed by atoms with Crippen LogP contribution in [0.2, 0.25) is 0 Å². The van der Waals surface area contributed by atoms with E-state index in [9.17, 15) is 9.59 Å². The van der Waals surface area contributed by atoms with Crippen molar-refractivity contribution in [1.82, 2.24) is 9.88 Å². The Labute approximate surface area is 159 Å². The largest absolute Gasteiger partial charge is 0.326 e. The minimum atomic E-state index is -0.557. The number of aromatic nitrogens is 1. The smallest absolute Gasteiger partial charge is 0.266 e. The Morgan fingerprint density at radius 2 is 1.88 bits per heavy atom. The van der Waals surface area contributed by atoms with Gasteiger partial charge in [-0.05, 0) is 45.2 Å². The number of hydrogen-bond donors (Lipinski definition) is 1. The molecule has 26 heavy (non-hydrogen) atoms. The number of nitrogens with zero attached hydrogens (tertiary/aromatic N) is 2. The molecule has 0 fully saturated rings. The molecule has 0 aliphatic heterocycles. The van der Waals surface area contributed by atoms with E-state index in [4.69, 9.17) is 0 Å². The molecule has 2 amide bonds. The molecule has 1 unspecified atom stereocenters. The van der Waals surface area contributed by atoms with E-state index in [2.05, 4.69) is 17.2 Å². The highest BCUT2D eigenvalue weighted by atomic mass is 32.1. The van der Waals surface area contributed by atoms with E-state index in [1.54, 1.807) is 11.8 Å². The number of thiazole rings is 1. The number of para-hydroxylation sites is 1. The molecule has 1 heterocycles. The highest BCUT2D eigenvalue weighted by Gasteiger charge is 2.28. The normalized spacial score (nSPS) is 11.8. The van der Waals surface area contributed by atoms with Crippen LogP contribution in [-0.4, -0.2) is 34.3 Å². The number of carbonyl (C=O) groups excluding carboxylic acids is 2. The van der Waals surface area contributed by atoms with Crippen molar-refractivity contribution in [2.75, 3.05) is 11.9 Å². The van der Waals surface area contributed by atoms with Crippen LogP contribution < -0.4 is 5.32 Å². The molecule has 2 rings (SSSR count). The Hall–Kier alpha value is -2.21. The van der Waals surface area contributed by atoms with Crippen molar-refractivity contribution >= 4 is 28.8 Å². The molecule has 2 aromatic rings. The first-order valence-electron chi connectivity index (χ1n) is 9.11. The predicted molar refractivity (Wildman–Crippen MR) is 107 cm³/mol. The average molecular weight is 374 g/mol. The summed E-state index contributed by atoms with van der Waals surface area (Å²) in [7, 11) is 0. The first-order valence-corrected chi connectivity index (χ1v) is 9.92. The van der Waals surface area contributed by atoms with E-state index in [0.29, 0.717) is 11.4 Å². The quantitative estimate of drug-likeness (QED) is 0.751. The lowest BCUT2D eigenvalue weighted by molar-refractivity contribution is -0.120. The molecule has 1 aromatic carbocycles. The fraction of sp³-hybridized carbons (Fsp3) is 0.450. The molecule has 0 saturated carbocycles. The molecule has 1 atom stereocenters. The summed E-state index contributed by atoms with van der Waals surface area (Å²) in [6.45, 7) is 8.27. The number of nitrogens with one attached hydrogen (secondary N) is 1. The number of amides is 2. The number of benzene rings is 1. The summed E-state index contributed by atoms with van der Waals surface area (Å²) in [5, 5.41) is 3.86. The second-order valence-electron chi connectivity index (χ2n) is 6.30. The van der Waals surface area contributed by atoms with E-state index in [1.165, 1.54) is 11.3 Å². The monoisotopic (exact) mass is 373 g/mol. The number of rotatable bonds is 8. The van der Waals surface area contributed by atoms with E-state index < -0.39 is 6.04 Å². The minimum absolute atomic E-state index is 0.111. The highest BCUT2D eigenvalue weighted by Crippen LogP contribution is 2.22. The van der Waals surface area contributed by atoms with Crippen LogP contribution in [0.15, 0.2) is 30.3 Å². The standard InChI is InChI=1S/C20H27N3O2S/c1-5-10-17-21-14(3)18(26-17)20(25)23(13-6-2)15(4)19(24)22-16-11-8-7-9-12-16/h7-9,11-12,15H,5-6,10,13H2,1-4H3,(H,22,24). The summed E-state index contributed by atoms with van der Waals surface area (Å²) in [6.07, 6.45) is 2.65. The van der Waals surface area contributed by atoms with Crippen molar-refractivity contribution in [3.63, 3.8) is 0 Å². The van der Waals surface area contributed by atoms with E-state index >= 15 is 0 Å². The van der Waals surface area contributed by atoms with Gasteiger partial charge in [0.15, 0.2) is 0 Å². The fourth-order valence-electron chi connectivity index (χ4n) is 2.72. The molecule has 140 valence electrons. The van der Waals surface area contributed by atoms with Crippen LogP contribution in [0, 0.1) is 6.92 Å². The van der Waals surface area contributed by atoms with E-state index in [1.807, 2.05) is 44.2 Å². The van der Waals surface area contributed by atoms with Gasteiger partial charge in [-0.1, -0.05) is 32.0 Å². The SMILES string of the molecule is CCCc1nc(C)c(C(=O)N(CCC)C(C)C(=O)Nc2ccccc2)s1. The third-order valence-electron chi connectivity index (χ3n) is 4.11. The molecule has 1 aromatic heterocycles. The second-order valence-corrected chi connectivity index (χ2v) is 7.39. The van der Waals surface area contributed by atoms with Gasteiger partial charge in [-0.25, -0.2) is 4.98 Å². The Bertz CT molecular complexity index is 743. The average Bonchev–Trinajstić information content (AvgIpc) is 3.00. The van der Waals surface area contributed by atoms with Crippen LogP contribution in [0.4, 0.5) is 5.69 Å². The van der Waals surface area contributed by atoms with Crippen molar-refractivity contribution in [3.05, 3.63) is 45.9 Å². The number of aryl methyl sites for hydroxylation is 2. The first kappa shape index (κ1) is 20.1. The minimum Gasteiger partial charge on any atom is -0.326 e. The van der Waals surface area contributed by atoms with Crippen LogP contribution in [0.25, 0.3) is 0 Å². The van der Waals surface area contributed by atoms with Gasteiger partial charge in [-0.15, -0.1) is 11.3 Å². The lowest BCUT2D eigenvalue weighted by Crippen LogP contribution is -2.46. The fourth-order valence-corrected chi connectivity index (χ4v) is 3.85. The zero-order chi connectivity index (χ0) is 19.1. The van der Waals surface area contributed by atoms with Crippen LogP contribution >= 0.6 is 11.3 Å². The number of anilines is 1. The molecular formula is C20H27N3O2S. The van der Waals surface area contributed by atoms with E-state index in [0.717, 1.165) is 35.7 Å². The van der Waals surface area contributed by atoms with Crippen LogP contribution in [0.1, 0.15) is 54.0 Å². The predicted octanol–water partition coefficient (Wildman–Crippen LogP) is 4.28. The third-order valence-corrected chi connectivity index (χ3v) is 5.32. The Morgan fingerprint density at radius 3 is 2.50 bits per heavy atom. The van der Waals surface area contributed by atoms with Gasteiger partial charge >= 0.3 is 0 Å². The molecule has 0 aliphatic carbocycles. The number of hydrogen-bond acceptors (Lipinski definition) is 4. The lowest BCUT2D eigenvalue weighted by Gasteiger charge is -2.28. The molecule has 0 bridgehead atoms. The molecular weight excluding hydrogens is 346 g/mol. The lowest BCUT2D eigenvalue weighted by atomic mass is 10.2. The van der Waals surface area contributed by atoms with Crippen LogP contribution in [0.5, 0.6) is 0 Å².